The molecule has 0 amide bonds. The van der Waals surface area contributed by atoms with Crippen molar-refractivity contribution in [1.29, 1.82) is 0 Å². The zero-order valence-electron chi connectivity index (χ0n) is 17.3. The highest BCUT2D eigenvalue weighted by atomic mass is 127. The summed E-state index contributed by atoms with van der Waals surface area (Å²) in [6, 6.07) is 5.23. The molecular formula is C19H25F4IN6O. The lowest BCUT2D eigenvalue weighted by Gasteiger charge is -2.18. The minimum absolute atomic E-state index is 0. The largest absolute Gasteiger partial charge is 0.494 e. The lowest BCUT2D eigenvalue weighted by molar-refractivity contribution is -0.141. The van der Waals surface area contributed by atoms with Crippen LogP contribution in [-0.2, 0) is 6.18 Å². The summed E-state index contributed by atoms with van der Waals surface area (Å²) in [7, 11) is 1.40. The molecule has 1 aromatic carbocycles. The standard InChI is InChI=1S/C19H24F4N6O.HI/c1-4-24-17(28-12(2)13-5-6-15(30-3)14(20)11-13)26-9-10-27-18-25-8-7-16(29-18)19(21,22)23;/h5-8,11-12H,4,9-10H2,1-3H3,(H2,24,26,28)(H,25,27,29);1H. The van der Waals surface area contributed by atoms with E-state index in [0.29, 0.717) is 18.1 Å². The predicted octanol–water partition coefficient (Wildman–Crippen LogP) is 3.99. The lowest BCUT2D eigenvalue weighted by Crippen LogP contribution is -2.39. The van der Waals surface area contributed by atoms with Crippen LogP contribution in [0.1, 0.15) is 31.1 Å². The summed E-state index contributed by atoms with van der Waals surface area (Å²) < 4.78 is 56.9. The quantitative estimate of drug-likeness (QED) is 0.150. The van der Waals surface area contributed by atoms with Crippen LogP contribution in [0.5, 0.6) is 5.75 Å². The van der Waals surface area contributed by atoms with E-state index in [2.05, 4.69) is 30.9 Å². The molecule has 0 aliphatic rings. The van der Waals surface area contributed by atoms with Crippen molar-refractivity contribution < 1.29 is 22.3 Å². The first-order valence-electron chi connectivity index (χ1n) is 9.27. The normalized spacial score (nSPS) is 12.5. The number of aromatic nitrogens is 2. The highest BCUT2D eigenvalue weighted by Crippen LogP contribution is 2.27. The third kappa shape index (κ3) is 8.34. The van der Waals surface area contributed by atoms with Crippen molar-refractivity contribution in [2.24, 2.45) is 4.99 Å². The minimum Gasteiger partial charge on any atom is -0.494 e. The molecular weight excluding hydrogens is 531 g/mol. The fourth-order valence-electron chi connectivity index (χ4n) is 2.50. The molecule has 1 heterocycles. The molecule has 1 unspecified atom stereocenters. The van der Waals surface area contributed by atoms with E-state index in [1.807, 2.05) is 13.8 Å². The molecule has 0 bridgehead atoms. The van der Waals surface area contributed by atoms with E-state index in [1.165, 1.54) is 13.2 Å². The number of benzene rings is 1. The average molecular weight is 556 g/mol. The van der Waals surface area contributed by atoms with Gasteiger partial charge in [0.2, 0.25) is 5.95 Å². The molecule has 12 heteroatoms. The number of nitrogens with one attached hydrogen (secondary N) is 3. The first kappa shape index (κ1) is 26.7. The van der Waals surface area contributed by atoms with Crippen LogP contribution in [0.15, 0.2) is 35.5 Å². The number of hydrogen-bond acceptors (Lipinski definition) is 5. The maximum atomic E-state index is 13.9. The topological polar surface area (TPSA) is 83.5 Å². The second kappa shape index (κ2) is 12.5. The Kier molecular flexibility index (Phi) is 10.7. The summed E-state index contributed by atoms with van der Waals surface area (Å²) >= 11 is 0. The number of methoxy groups -OCH3 is 1. The van der Waals surface area contributed by atoms with Gasteiger partial charge in [-0.2, -0.15) is 13.2 Å². The van der Waals surface area contributed by atoms with Crippen LogP contribution >= 0.6 is 24.0 Å². The van der Waals surface area contributed by atoms with Gasteiger partial charge in [0.1, 0.15) is 5.69 Å². The second-order valence-corrected chi connectivity index (χ2v) is 6.21. The molecule has 0 saturated heterocycles. The molecule has 31 heavy (non-hydrogen) atoms. The molecule has 0 saturated carbocycles. The Hall–Kier alpha value is -2.38. The number of rotatable bonds is 8. The summed E-state index contributed by atoms with van der Waals surface area (Å²) in [6.45, 7) is 4.81. The zero-order valence-corrected chi connectivity index (χ0v) is 19.6. The van der Waals surface area contributed by atoms with Gasteiger partial charge in [-0.1, -0.05) is 6.07 Å². The maximum absolute atomic E-state index is 13.9. The van der Waals surface area contributed by atoms with Gasteiger partial charge in [-0.05, 0) is 37.6 Å². The average Bonchev–Trinajstić information content (AvgIpc) is 2.70. The Bertz CT molecular complexity index is 866. The zero-order chi connectivity index (χ0) is 22.1. The molecule has 0 spiro atoms. The number of guanidine groups is 1. The van der Waals surface area contributed by atoms with Gasteiger partial charge in [0, 0.05) is 19.3 Å². The van der Waals surface area contributed by atoms with E-state index >= 15 is 0 Å². The van der Waals surface area contributed by atoms with Gasteiger partial charge in [-0.15, -0.1) is 24.0 Å². The smallest absolute Gasteiger partial charge is 0.433 e. The summed E-state index contributed by atoms with van der Waals surface area (Å²) in [5, 5.41) is 8.92. The van der Waals surface area contributed by atoms with Crippen LogP contribution in [0.3, 0.4) is 0 Å². The Morgan fingerprint density at radius 3 is 2.61 bits per heavy atom. The number of anilines is 1. The van der Waals surface area contributed by atoms with E-state index in [1.54, 1.807) is 12.1 Å². The molecule has 7 nitrogen and oxygen atoms in total. The van der Waals surface area contributed by atoms with Crippen molar-refractivity contribution in [3.63, 3.8) is 0 Å². The molecule has 0 radical (unpaired) electrons. The van der Waals surface area contributed by atoms with Gasteiger partial charge in [-0.3, -0.25) is 4.99 Å². The van der Waals surface area contributed by atoms with Gasteiger partial charge in [0.25, 0.3) is 0 Å². The monoisotopic (exact) mass is 556 g/mol. The first-order valence-corrected chi connectivity index (χ1v) is 9.27. The molecule has 0 aliphatic carbocycles. The van der Waals surface area contributed by atoms with Crippen molar-refractivity contribution in [3.05, 3.63) is 47.5 Å². The third-order valence-corrected chi connectivity index (χ3v) is 3.98. The maximum Gasteiger partial charge on any atom is 0.433 e. The first-order chi connectivity index (χ1) is 14.2. The number of nitrogens with zero attached hydrogens (tertiary/aromatic N) is 3. The van der Waals surface area contributed by atoms with Gasteiger partial charge in [0.15, 0.2) is 17.5 Å². The van der Waals surface area contributed by atoms with Crippen LogP contribution in [0.25, 0.3) is 0 Å². The van der Waals surface area contributed by atoms with Crippen molar-refractivity contribution in [3.8, 4) is 5.75 Å². The highest BCUT2D eigenvalue weighted by molar-refractivity contribution is 14.0. The van der Waals surface area contributed by atoms with Gasteiger partial charge < -0.3 is 20.7 Å². The summed E-state index contributed by atoms with van der Waals surface area (Å²) in [4.78, 5) is 11.6. The summed E-state index contributed by atoms with van der Waals surface area (Å²) in [5.74, 6) is 0.0540. The molecule has 1 atom stereocenters. The van der Waals surface area contributed by atoms with Gasteiger partial charge in [0.05, 0.1) is 19.7 Å². The number of halogens is 5. The Morgan fingerprint density at radius 1 is 1.26 bits per heavy atom. The third-order valence-electron chi connectivity index (χ3n) is 3.98. The summed E-state index contributed by atoms with van der Waals surface area (Å²) in [6.07, 6.45) is -3.49. The van der Waals surface area contributed by atoms with Crippen LogP contribution in [0, 0.1) is 5.82 Å². The molecule has 3 N–H and O–H groups in total. The SMILES string of the molecule is CCNC(=NCCNc1nccc(C(F)(F)F)n1)NC(C)c1ccc(OC)c(F)c1.I. The number of aliphatic imine (C=N–C) groups is 1. The van der Waals surface area contributed by atoms with Crippen molar-refractivity contribution in [2.75, 3.05) is 32.1 Å². The minimum atomic E-state index is -4.53. The summed E-state index contributed by atoms with van der Waals surface area (Å²) in [5.41, 5.74) is -0.312. The molecule has 0 fully saturated rings. The van der Waals surface area contributed by atoms with Crippen molar-refractivity contribution in [2.45, 2.75) is 26.1 Å². The fourth-order valence-corrected chi connectivity index (χ4v) is 2.50. The fraction of sp³-hybridized carbons (Fsp3) is 0.421. The van der Waals surface area contributed by atoms with E-state index in [9.17, 15) is 17.6 Å². The van der Waals surface area contributed by atoms with E-state index < -0.39 is 17.7 Å². The van der Waals surface area contributed by atoms with Crippen molar-refractivity contribution in [1.82, 2.24) is 20.6 Å². The van der Waals surface area contributed by atoms with Gasteiger partial charge >= 0.3 is 6.18 Å². The molecule has 0 aliphatic heterocycles. The number of alkyl halides is 3. The Balaban J connectivity index is 0.00000480. The van der Waals surface area contributed by atoms with Crippen LogP contribution in [-0.4, -0.2) is 42.7 Å². The molecule has 172 valence electrons. The molecule has 2 rings (SSSR count). The number of ether oxygens (including phenoxy) is 1. The lowest BCUT2D eigenvalue weighted by atomic mass is 10.1. The van der Waals surface area contributed by atoms with E-state index in [4.69, 9.17) is 4.74 Å². The Labute approximate surface area is 195 Å². The Morgan fingerprint density at radius 2 is 2.00 bits per heavy atom. The second-order valence-electron chi connectivity index (χ2n) is 6.21. The van der Waals surface area contributed by atoms with Crippen LogP contribution in [0.2, 0.25) is 0 Å². The van der Waals surface area contributed by atoms with Crippen LogP contribution in [0.4, 0.5) is 23.5 Å². The van der Waals surface area contributed by atoms with E-state index in [0.717, 1.165) is 12.3 Å². The van der Waals surface area contributed by atoms with E-state index in [-0.39, 0.29) is 54.8 Å². The number of hydrogen-bond donors (Lipinski definition) is 3. The van der Waals surface area contributed by atoms with Gasteiger partial charge in [-0.25, -0.2) is 14.4 Å². The predicted molar refractivity (Wildman–Crippen MR) is 121 cm³/mol. The van der Waals surface area contributed by atoms with Crippen LogP contribution < -0.4 is 20.7 Å². The van der Waals surface area contributed by atoms with Crippen molar-refractivity contribution >= 4 is 35.9 Å². The highest BCUT2D eigenvalue weighted by Gasteiger charge is 2.32. The molecule has 2 aromatic rings. The molecule has 1 aromatic heterocycles.